The Morgan fingerprint density at radius 3 is 2.25 bits per heavy atom. The molecule has 2 N–H and O–H groups in total. The van der Waals surface area contributed by atoms with E-state index >= 15 is 0 Å². The smallest absolute Gasteiger partial charge is 0.333 e. The monoisotopic (exact) mass is 277 g/mol. The van der Waals surface area contributed by atoms with Gasteiger partial charge in [0.15, 0.2) is 5.54 Å². The van der Waals surface area contributed by atoms with Crippen molar-refractivity contribution in [2.45, 2.75) is 12.5 Å². The molecule has 3 nitrogen and oxygen atoms in total. The molecule has 0 aliphatic rings. The molecule has 104 valence electrons. The number of carboxylic acids is 1. The maximum atomic E-state index is 13.3. The minimum absolute atomic E-state index is 0.245. The number of hydrogen-bond donors (Lipinski definition) is 2. The van der Waals surface area contributed by atoms with Gasteiger partial charge < -0.3 is 10.4 Å². The minimum atomic E-state index is -1.56. The van der Waals surface area contributed by atoms with Gasteiger partial charge in [-0.05, 0) is 42.8 Å². The molecule has 2 rings (SSSR count). The topological polar surface area (TPSA) is 49.3 Å². The van der Waals surface area contributed by atoms with E-state index in [1.807, 2.05) is 0 Å². The average molecular weight is 277 g/mol. The van der Waals surface area contributed by atoms with Crippen LogP contribution in [0.15, 0.2) is 48.5 Å². The number of nitrogens with one attached hydrogen (secondary N) is 1. The van der Waals surface area contributed by atoms with E-state index in [2.05, 4.69) is 5.32 Å². The van der Waals surface area contributed by atoms with Crippen LogP contribution in [0.1, 0.15) is 12.5 Å². The van der Waals surface area contributed by atoms with Crippen LogP contribution < -0.4 is 5.32 Å². The van der Waals surface area contributed by atoms with Gasteiger partial charge in [-0.15, -0.1) is 0 Å². The van der Waals surface area contributed by atoms with Crippen LogP contribution in [0.4, 0.5) is 14.5 Å². The van der Waals surface area contributed by atoms with Crippen molar-refractivity contribution in [2.24, 2.45) is 0 Å². The normalized spacial score (nSPS) is 13.6. The zero-order chi connectivity index (χ0) is 14.8. The van der Waals surface area contributed by atoms with E-state index in [-0.39, 0.29) is 5.56 Å². The van der Waals surface area contributed by atoms with Crippen molar-refractivity contribution in [1.82, 2.24) is 0 Å². The molecular formula is C15H13F2NO2. The largest absolute Gasteiger partial charge is 0.479 e. The number of anilines is 1. The summed E-state index contributed by atoms with van der Waals surface area (Å²) in [6.45, 7) is 1.40. The molecule has 20 heavy (non-hydrogen) atoms. The van der Waals surface area contributed by atoms with E-state index < -0.39 is 23.1 Å². The van der Waals surface area contributed by atoms with Gasteiger partial charge in [-0.1, -0.05) is 18.2 Å². The van der Waals surface area contributed by atoms with Crippen LogP contribution in [-0.4, -0.2) is 11.1 Å². The van der Waals surface area contributed by atoms with Gasteiger partial charge in [0.05, 0.1) is 0 Å². The van der Waals surface area contributed by atoms with Gasteiger partial charge in [0, 0.05) is 5.69 Å². The third-order valence-electron chi connectivity index (χ3n) is 3.05. The van der Waals surface area contributed by atoms with Gasteiger partial charge in [0.1, 0.15) is 11.6 Å². The second-order valence-electron chi connectivity index (χ2n) is 4.58. The van der Waals surface area contributed by atoms with E-state index in [1.54, 1.807) is 6.07 Å². The van der Waals surface area contributed by atoms with E-state index in [4.69, 9.17) is 0 Å². The molecule has 0 saturated carbocycles. The van der Waals surface area contributed by atoms with Gasteiger partial charge in [0.25, 0.3) is 0 Å². The molecule has 2 aromatic carbocycles. The fourth-order valence-electron chi connectivity index (χ4n) is 1.90. The van der Waals surface area contributed by atoms with Crippen molar-refractivity contribution in [1.29, 1.82) is 0 Å². The lowest BCUT2D eigenvalue weighted by Gasteiger charge is -2.28. The first-order valence-electron chi connectivity index (χ1n) is 5.95. The van der Waals surface area contributed by atoms with Crippen molar-refractivity contribution >= 4 is 11.7 Å². The number of aliphatic carboxylic acids is 1. The fraction of sp³-hybridized carbons (Fsp3) is 0.133. The molecular weight excluding hydrogens is 264 g/mol. The Bertz CT molecular complexity index is 645. The van der Waals surface area contributed by atoms with Crippen molar-refractivity contribution in [2.75, 3.05) is 5.32 Å². The molecule has 0 amide bonds. The van der Waals surface area contributed by atoms with Gasteiger partial charge >= 0.3 is 5.97 Å². The number of benzene rings is 2. The van der Waals surface area contributed by atoms with Crippen molar-refractivity contribution in [3.8, 4) is 0 Å². The van der Waals surface area contributed by atoms with Crippen molar-refractivity contribution in [3.05, 3.63) is 65.7 Å². The molecule has 1 unspecified atom stereocenters. The molecule has 0 aromatic heterocycles. The maximum absolute atomic E-state index is 13.3. The average Bonchev–Trinajstić information content (AvgIpc) is 2.38. The maximum Gasteiger partial charge on any atom is 0.333 e. The van der Waals surface area contributed by atoms with Crippen LogP contribution >= 0.6 is 0 Å². The lowest BCUT2D eigenvalue weighted by molar-refractivity contribution is -0.142. The molecule has 0 aliphatic carbocycles. The zero-order valence-electron chi connectivity index (χ0n) is 10.7. The number of carbonyl (C=O) groups is 1. The summed E-state index contributed by atoms with van der Waals surface area (Å²) in [5.41, 5.74) is -1.01. The standard InChI is InChI=1S/C15H13F2NO2/c1-15(14(19)20,10-4-2-5-11(16)8-10)18-13-7-3-6-12(17)9-13/h2-9,18H,1H3,(H,19,20). The van der Waals surface area contributed by atoms with Gasteiger partial charge in [-0.2, -0.15) is 0 Å². The number of rotatable bonds is 4. The summed E-state index contributed by atoms with van der Waals surface area (Å²) < 4.78 is 26.4. The van der Waals surface area contributed by atoms with Crippen LogP contribution in [0.25, 0.3) is 0 Å². The highest BCUT2D eigenvalue weighted by Gasteiger charge is 2.35. The summed E-state index contributed by atoms with van der Waals surface area (Å²) in [4.78, 5) is 11.5. The summed E-state index contributed by atoms with van der Waals surface area (Å²) in [5.74, 6) is -2.20. The first-order valence-corrected chi connectivity index (χ1v) is 5.95. The molecule has 0 radical (unpaired) electrons. The minimum Gasteiger partial charge on any atom is -0.479 e. The quantitative estimate of drug-likeness (QED) is 0.900. The summed E-state index contributed by atoms with van der Waals surface area (Å²) in [7, 11) is 0. The predicted octanol–water partition coefficient (Wildman–Crippen LogP) is 3.38. The van der Waals surface area contributed by atoms with Crippen molar-refractivity contribution in [3.63, 3.8) is 0 Å². The summed E-state index contributed by atoms with van der Waals surface area (Å²) in [6, 6.07) is 10.7. The first-order chi connectivity index (χ1) is 9.41. The van der Waals surface area contributed by atoms with Gasteiger partial charge in [-0.3, -0.25) is 0 Å². The van der Waals surface area contributed by atoms with E-state index in [0.29, 0.717) is 5.69 Å². The summed E-state index contributed by atoms with van der Waals surface area (Å²) >= 11 is 0. The predicted molar refractivity (Wildman–Crippen MR) is 71.4 cm³/mol. The second-order valence-corrected chi connectivity index (χ2v) is 4.58. The Labute approximate surface area is 114 Å². The second kappa shape index (κ2) is 5.28. The molecule has 5 heteroatoms. The molecule has 0 saturated heterocycles. The molecule has 0 bridgehead atoms. The molecule has 0 aliphatic heterocycles. The van der Waals surface area contributed by atoms with Crippen LogP contribution in [0.3, 0.4) is 0 Å². The molecule has 0 heterocycles. The summed E-state index contributed by atoms with van der Waals surface area (Å²) in [6.07, 6.45) is 0. The van der Waals surface area contributed by atoms with Crippen LogP contribution in [-0.2, 0) is 10.3 Å². The third-order valence-corrected chi connectivity index (χ3v) is 3.05. The number of carboxylic acid groups (broad SMARTS) is 1. The van der Waals surface area contributed by atoms with E-state index in [0.717, 1.165) is 6.07 Å². The molecule has 1 atom stereocenters. The van der Waals surface area contributed by atoms with Gasteiger partial charge in [0.2, 0.25) is 0 Å². The fourth-order valence-corrected chi connectivity index (χ4v) is 1.90. The molecule has 2 aromatic rings. The van der Waals surface area contributed by atoms with E-state index in [1.165, 1.54) is 43.3 Å². The Hall–Kier alpha value is -2.43. The lowest BCUT2D eigenvalue weighted by atomic mass is 9.91. The van der Waals surface area contributed by atoms with Crippen LogP contribution in [0, 0.1) is 11.6 Å². The summed E-state index contributed by atoms with van der Waals surface area (Å²) in [5, 5.41) is 12.2. The molecule has 0 fully saturated rings. The SMILES string of the molecule is CC(Nc1cccc(F)c1)(C(=O)O)c1cccc(F)c1. The van der Waals surface area contributed by atoms with Crippen LogP contribution in [0.2, 0.25) is 0 Å². The lowest BCUT2D eigenvalue weighted by Crippen LogP contribution is -2.40. The van der Waals surface area contributed by atoms with Gasteiger partial charge in [-0.25, -0.2) is 13.6 Å². The highest BCUT2D eigenvalue weighted by molar-refractivity contribution is 5.84. The molecule has 0 spiro atoms. The Morgan fingerprint density at radius 1 is 1.10 bits per heavy atom. The number of hydrogen-bond acceptors (Lipinski definition) is 2. The Kier molecular flexibility index (Phi) is 3.70. The highest BCUT2D eigenvalue weighted by Crippen LogP contribution is 2.27. The van der Waals surface area contributed by atoms with E-state index in [9.17, 15) is 18.7 Å². The Balaban J connectivity index is 2.42. The van der Waals surface area contributed by atoms with Crippen molar-refractivity contribution < 1.29 is 18.7 Å². The third kappa shape index (κ3) is 2.77. The highest BCUT2D eigenvalue weighted by atomic mass is 19.1. The van der Waals surface area contributed by atoms with Crippen LogP contribution in [0.5, 0.6) is 0 Å². The Morgan fingerprint density at radius 2 is 1.70 bits per heavy atom. The zero-order valence-corrected chi connectivity index (χ0v) is 10.7. The first kappa shape index (κ1) is 14.0. The number of halogens is 2.